The Morgan fingerprint density at radius 2 is 1.92 bits per heavy atom. The van der Waals surface area contributed by atoms with Gasteiger partial charge in [-0.3, -0.25) is 0 Å². The Kier molecular flexibility index (Phi) is 5.81. The van der Waals surface area contributed by atoms with E-state index in [-0.39, 0.29) is 11.6 Å². The minimum atomic E-state index is -0.223. The van der Waals surface area contributed by atoms with Crippen molar-refractivity contribution in [3.05, 3.63) is 77.6 Å². The van der Waals surface area contributed by atoms with Gasteiger partial charge in [0.15, 0.2) is 0 Å². The Morgan fingerprint density at radius 1 is 1.08 bits per heavy atom. The molecule has 3 aromatic rings. The van der Waals surface area contributed by atoms with Crippen LogP contribution in [0.4, 0.5) is 4.39 Å². The van der Waals surface area contributed by atoms with Crippen LogP contribution < -0.4 is 10.1 Å². The van der Waals surface area contributed by atoms with Crippen LogP contribution in [0.5, 0.6) is 11.6 Å². The van der Waals surface area contributed by atoms with Gasteiger partial charge in [-0.2, -0.15) is 0 Å². The van der Waals surface area contributed by atoms with E-state index in [9.17, 15) is 9.50 Å². The number of rotatable bonds is 7. The fraction of sp³-hybridized carbons (Fsp3) is 0.190. The van der Waals surface area contributed by atoms with Crippen molar-refractivity contribution in [3.63, 3.8) is 0 Å². The number of aromatic nitrogens is 1. The van der Waals surface area contributed by atoms with Crippen LogP contribution in [-0.4, -0.2) is 23.7 Å². The number of pyridine rings is 1. The molecule has 0 amide bonds. The van der Waals surface area contributed by atoms with Crippen molar-refractivity contribution in [2.24, 2.45) is 0 Å². The number of phenolic OH excluding ortho intramolecular Hbond substituents is 1. The SMILES string of the molecule is COc1cccc(-c2ccc(O)c(CNCCc3cccc(F)c3)c2)n1. The number of hydrogen-bond acceptors (Lipinski definition) is 4. The summed E-state index contributed by atoms with van der Waals surface area (Å²) in [6.45, 7) is 1.20. The molecule has 0 fully saturated rings. The largest absolute Gasteiger partial charge is 0.508 e. The van der Waals surface area contributed by atoms with Crippen LogP contribution in [0, 0.1) is 5.82 Å². The lowest BCUT2D eigenvalue weighted by Gasteiger charge is -2.10. The second-order valence-corrected chi connectivity index (χ2v) is 5.97. The fourth-order valence-electron chi connectivity index (χ4n) is 2.72. The second-order valence-electron chi connectivity index (χ2n) is 5.97. The lowest BCUT2D eigenvalue weighted by Crippen LogP contribution is -2.16. The average molecular weight is 352 g/mol. The van der Waals surface area contributed by atoms with Crippen LogP contribution in [0.2, 0.25) is 0 Å². The topological polar surface area (TPSA) is 54.4 Å². The Bertz CT molecular complexity index is 883. The quantitative estimate of drug-likeness (QED) is 0.633. The van der Waals surface area contributed by atoms with Gasteiger partial charge in [-0.05, 0) is 54.9 Å². The summed E-state index contributed by atoms with van der Waals surface area (Å²) in [6, 6.07) is 17.6. The van der Waals surface area contributed by atoms with E-state index < -0.39 is 0 Å². The minimum absolute atomic E-state index is 0.223. The summed E-state index contributed by atoms with van der Waals surface area (Å²) in [4.78, 5) is 4.42. The number of nitrogens with zero attached hydrogens (tertiary/aromatic N) is 1. The van der Waals surface area contributed by atoms with E-state index in [1.807, 2.05) is 30.3 Å². The van der Waals surface area contributed by atoms with Gasteiger partial charge in [0.2, 0.25) is 5.88 Å². The highest BCUT2D eigenvalue weighted by atomic mass is 19.1. The molecule has 134 valence electrons. The van der Waals surface area contributed by atoms with E-state index in [1.165, 1.54) is 12.1 Å². The zero-order valence-electron chi connectivity index (χ0n) is 14.6. The van der Waals surface area contributed by atoms with Gasteiger partial charge in [0.25, 0.3) is 0 Å². The highest BCUT2D eigenvalue weighted by Gasteiger charge is 2.07. The Morgan fingerprint density at radius 3 is 2.73 bits per heavy atom. The summed E-state index contributed by atoms with van der Waals surface area (Å²) < 4.78 is 18.3. The number of halogens is 1. The first-order valence-electron chi connectivity index (χ1n) is 8.44. The zero-order chi connectivity index (χ0) is 18.4. The van der Waals surface area contributed by atoms with Crippen LogP contribution >= 0.6 is 0 Å². The summed E-state index contributed by atoms with van der Waals surface area (Å²) in [5.41, 5.74) is 3.41. The molecule has 0 aliphatic rings. The number of nitrogens with one attached hydrogen (secondary N) is 1. The van der Waals surface area contributed by atoms with Crippen molar-refractivity contribution >= 4 is 0 Å². The maximum Gasteiger partial charge on any atom is 0.213 e. The number of ether oxygens (including phenoxy) is 1. The highest BCUT2D eigenvalue weighted by Crippen LogP contribution is 2.26. The standard InChI is InChI=1S/C21H21FN2O2/c1-26-21-7-3-6-19(24-21)16-8-9-20(25)17(13-16)14-23-11-10-15-4-2-5-18(22)12-15/h2-9,12-13,23,25H,10-11,14H2,1H3. The maximum absolute atomic E-state index is 13.2. The van der Waals surface area contributed by atoms with Gasteiger partial charge in [-0.25, -0.2) is 9.37 Å². The second kappa shape index (κ2) is 8.45. The molecule has 0 saturated heterocycles. The normalized spacial score (nSPS) is 10.7. The van der Waals surface area contributed by atoms with E-state index in [4.69, 9.17) is 4.74 Å². The summed E-state index contributed by atoms with van der Waals surface area (Å²) >= 11 is 0. The highest BCUT2D eigenvalue weighted by molar-refractivity contribution is 5.62. The first-order valence-corrected chi connectivity index (χ1v) is 8.44. The van der Waals surface area contributed by atoms with Gasteiger partial charge in [0.1, 0.15) is 11.6 Å². The first kappa shape index (κ1) is 17.9. The summed E-state index contributed by atoms with van der Waals surface area (Å²) in [5, 5.41) is 13.4. The van der Waals surface area contributed by atoms with Gasteiger partial charge in [0, 0.05) is 23.7 Å². The van der Waals surface area contributed by atoms with E-state index in [1.54, 1.807) is 25.3 Å². The van der Waals surface area contributed by atoms with Gasteiger partial charge in [-0.15, -0.1) is 0 Å². The minimum Gasteiger partial charge on any atom is -0.508 e. The molecule has 5 heteroatoms. The molecule has 1 aromatic heterocycles. The van der Waals surface area contributed by atoms with Crippen molar-refractivity contribution in [1.29, 1.82) is 0 Å². The Balaban J connectivity index is 1.64. The number of methoxy groups -OCH3 is 1. The molecular weight excluding hydrogens is 331 g/mol. The first-order chi connectivity index (χ1) is 12.7. The van der Waals surface area contributed by atoms with Crippen LogP contribution in [-0.2, 0) is 13.0 Å². The van der Waals surface area contributed by atoms with E-state index >= 15 is 0 Å². The van der Waals surface area contributed by atoms with Crippen LogP contribution in [0.15, 0.2) is 60.7 Å². The molecule has 1 heterocycles. The third-order valence-electron chi connectivity index (χ3n) is 4.10. The molecule has 26 heavy (non-hydrogen) atoms. The predicted octanol–water partition coefficient (Wildman–Crippen LogP) is 3.93. The molecular formula is C21H21FN2O2. The van der Waals surface area contributed by atoms with E-state index in [0.29, 0.717) is 19.0 Å². The molecule has 2 aromatic carbocycles. The molecule has 0 bridgehead atoms. The summed E-state index contributed by atoms with van der Waals surface area (Å²) in [7, 11) is 1.58. The number of aromatic hydroxyl groups is 1. The van der Waals surface area contributed by atoms with Gasteiger partial charge in [0.05, 0.1) is 12.8 Å². The monoisotopic (exact) mass is 352 g/mol. The molecule has 0 spiro atoms. The van der Waals surface area contributed by atoms with Crippen LogP contribution in [0.1, 0.15) is 11.1 Å². The maximum atomic E-state index is 13.2. The molecule has 3 rings (SSSR count). The fourth-order valence-corrected chi connectivity index (χ4v) is 2.72. The third kappa shape index (κ3) is 4.58. The van der Waals surface area contributed by atoms with E-state index in [0.717, 1.165) is 28.8 Å². The number of benzene rings is 2. The number of phenols is 1. The van der Waals surface area contributed by atoms with Crippen LogP contribution in [0.3, 0.4) is 0 Å². The number of hydrogen-bond donors (Lipinski definition) is 2. The molecule has 0 radical (unpaired) electrons. The van der Waals surface area contributed by atoms with Crippen molar-refractivity contribution < 1.29 is 14.2 Å². The molecule has 0 saturated carbocycles. The van der Waals surface area contributed by atoms with Crippen molar-refractivity contribution in [1.82, 2.24) is 10.3 Å². The molecule has 0 unspecified atom stereocenters. The van der Waals surface area contributed by atoms with Gasteiger partial charge in [-0.1, -0.05) is 18.2 Å². The lowest BCUT2D eigenvalue weighted by atomic mass is 10.1. The predicted molar refractivity (Wildman–Crippen MR) is 99.7 cm³/mol. The van der Waals surface area contributed by atoms with Gasteiger partial charge < -0.3 is 15.2 Å². The van der Waals surface area contributed by atoms with E-state index in [2.05, 4.69) is 10.3 Å². The third-order valence-corrected chi connectivity index (χ3v) is 4.10. The zero-order valence-corrected chi connectivity index (χ0v) is 14.6. The van der Waals surface area contributed by atoms with Crippen molar-refractivity contribution in [2.45, 2.75) is 13.0 Å². The average Bonchev–Trinajstić information content (AvgIpc) is 2.66. The smallest absolute Gasteiger partial charge is 0.213 e. The molecule has 0 atom stereocenters. The van der Waals surface area contributed by atoms with Crippen molar-refractivity contribution in [2.75, 3.05) is 13.7 Å². The molecule has 0 aliphatic heterocycles. The summed E-state index contributed by atoms with van der Waals surface area (Å²) in [6.07, 6.45) is 0.718. The molecule has 4 nitrogen and oxygen atoms in total. The lowest BCUT2D eigenvalue weighted by molar-refractivity contribution is 0.398. The van der Waals surface area contributed by atoms with Gasteiger partial charge >= 0.3 is 0 Å². The van der Waals surface area contributed by atoms with Crippen molar-refractivity contribution in [3.8, 4) is 22.9 Å². The Hall–Kier alpha value is -2.92. The Labute approximate surface area is 152 Å². The molecule has 0 aliphatic carbocycles. The van der Waals surface area contributed by atoms with Crippen LogP contribution in [0.25, 0.3) is 11.3 Å². The molecule has 2 N–H and O–H groups in total. The summed E-state index contributed by atoms with van der Waals surface area (Å²) in [5.74, 6) is 0.555.